The molecule has 27 heavy (non-hydrogen) atoms. The van der Waals surface area contributed by atoms with E-state index in [9.17, 15) is 4.79 Å². The minimum Gasteiger partial charge on any atom is -0.399 e. The molecule has 0 spiro atoms. The van der Waals surface area contributed by atoms with Gasteiger partial charge in [-0.1, -0.05) is 12.1 Å². The molecule has 2 heterocycles. The number of amides is 1. The second-order valence-electron chi connectivity index (χ2n) is 7.37. The number of carbonyl (C=O) groups is 1. The first-order valence-electron chi connectivity index (χ1n) is 9.33. The number of ether oxygens (including phenoxy) is 1. The third-order valence-electron chi connectivity index (χ3n) is 4.91. The molecule has 0 bridgehead atoms. The van der Waals surface area contributed by atoms with E-state index in [1.54, 1.807) is 11.3 Å². The second-order valence-corrected chi connectivity index (χ2v) is 8.23. The Balaban J connectivity index is 1.52. The molecule has 1 aliphatic rings. The number of nitrogens with zero attached hydrogens (tertiary/aromatic N) is 2. The summed E-state index contributed by atoms with van der Waals surface area (Å²) in [6.07, 6.45) is 0.317. The number of carbonyl (C=O) groups excluding carboxylic acids is 1. The largest absolute Gasteiger partial charge is 0.399 e. The van der Waals surface area contributed by atoms with Gasteiger partial charge in [0.2, 0.25) is 5.91 Å². The molecule has 6 nitrogen and oxygen atoms in total. The van der Waals surface area contributed by atoms with Gasteiger partial charge < -0.3 is 15.8 Å². The first kappa shape index (κ1) is 19.8. The maximum absolute atomic E-state index is 12.2. The molecule has 1 fully saturated rings. The summed E-state index contributed by atoms with van der Waals surface area (Å²) in [5.74, 6) is 0.0189. The van der Waals surface area contributed by atoms with Crippen molar-refractivity contribution in [1.29, 1.82) is 0 Å². The zero-order chi connectivity index (χ0) is 19.3. The summed E-state index contributed by atoms with van der Waals surface area (Å²) in [5.41, 5.74) is 8.30. The van der Waals surface area contributed by atoms with Crippen LogP contribution in [0.2, 0.25) is 0 Å². The standard InChI is InChI=1S/C20H28N4O2S/c1-20(2,15-3-5-16(21)6-4-15)19-23-17(14-27-19)13-18(25)22-7-8-24-9-11-26-12-10-24/h3-6,14H,7-13,21H2,1-2H3,(H,22,25). The number of nitrogens with two attached hydrogens (primary N) is 1. The number of thiazole rings is 1. The summed E-state index contributed by atoms with van der Waals surface area (Å²) < 4.78 is 5.33. The summed E-state index contributed by atoms with van der Waals surface area (Å²) in [6.45, 7) is 9.23. The van der Waals surface area contributed by atoms with E-state index in [1.165, 1.54) is 0 Å². The molecule has 1 aromatic heterocycles. The summed E-state index contributed by atoms with van der Waals surface area (Å²) >= 11 is 1.60. The Morgan fingerprint density at radius 1 is 1.30 bits per heavy atom. The highest BCUT2D eigenvalue weighted by Gasteiger charge is 2.27. The monoisotopic (exact) mass is 388 g/mol. The molecule has 3 rings (SSSR count). The quantitative estimate of drug-likeness (QED) is 0.710. The molecular formula is C20H28N4O2S. The summed E-state index contributed by atoms with van der Waals surface area (Å²) in [4.78, 5) is 19.2. The summed E-state index contributed by atoms with van der Waals surface area (Å²) in [5, 5.41) is 5.98. The lowest BCUT2D eigenvalue weighted by Crippen LogP contribution is -2.41. The van der Waals surface area contributed by atoms with Crippen molar-refractivity contribution in [2.75, 3.05) is 45.1 Å². The molecule has 1 aromatic carbocycles. The van der Waals surface area contributed by atoms with E-state index in [-0.39, 0.29) is 11.3 Å². The Labute approximate surface area is 164 Å². The van der Waals surface area contributed by atoms with Crippen molar-refractivity contribution in [3.8, 4) is 0 Å². The van der Waals surface area contributed by atoms with Crippen LogP contribution in [0, 0.1) is 0 Å². The fourth-order valence-electron chi connectivity index (χ4n) is 3.10. The van der Waals surface area contributed by atoms with Crippen LogP contribution in [0.5, 0.6) is 0 Å². The van der Waals surface area contributed by atoms with Crippen LogP contribution in [0.3, 0.4) is 0 Å². The fourth-order valence-corrected chi connectivity index (χ4v) is 4.07. The maximum atomic E-state index is 12.2. The van der Waals surface area contributed by atoms with Crippen molar-refractivity contribution in [3.63, 3.8) is 0 Å². The van der Waals surface area contributed by atoms with Gasteiger partial charge in [0.15, 0.2) is 0 Å². The molecule has 146 valence electrons. The number of nitrogen functional groups attached to an aromatic ring is 1. The van der Waals surface area contributed by atoms with Crippen LogP contribution in [0.15, 0.2) is 29.6 Å². The fraction of sp³-hybridized carbons (Fsp3) is 0.500. The van der Waals surface area contributed by atoms with Crippen LogP contribution >= 0.6 is 11.3 Å². The highest BCUT2D eigenvalue weighted by molar-refractivity contribution is 7.09. The zero-order valence-electron chi connectivity index (χ0n) is 16.0. The minimum atomic E-state index is -0.219. The van der Waals surface area contributed by atoms with Crippen molar-refractivity contribution >= 4 is 22.9 Å². The van der Waals surface area contributed by atoms with E-state index < -0.39 is 0 Å². The smallest absolute Gasteiger partial charge is 0.226 e. The predicted molar refractivity (Wildman–Crippen MR) is 109 cm³/mol. The highest BCUT2D eigenvalue weighted by Crippen LogP contribution is 2.33. The molecule has 7 heteroatoms. The second kappa shape index (κ2) is 8.82. The lowest BCUT2D eigenvalue weighted by molar-refractivity contribution is -0.120. The van der Waals surface area contributed by atoms with Crippen LogP contribution < -0.4 is 11.1 Å². The van der Waals surface area contributed by atoms with Crippen LogP contribution in [0.4, 0.5) is 5.69 Å². The molecule has 1 amide bonds. The highest BCUT2D eigenvalue weighted by atomic mass is 32.1. The van der Waals surface area contributed by atoms with Crippen molar-refractivity contribution in [2.24, 2.45) is 0 Å². The number of hydrogen-bond acceptors (Lipinski definition) is 6. The van der Waals surface area contributed by atoms with Gasteiger partial charge in [-0.25, -0.2) is 4.98 Å². The Kier molecular flexibility index (Phi) is 6.46. The van der Waals surface area contributed by atoms with Crippen LogP contribution in [0.1, 0.15) is 30.1 Å². The third-order valence-corrected chi connectivity index (χ3v) is 6.13. The van der Waals surface area contributed by atoms with E-state index in [2.05, 4.69) is 24.1 Å². The Morgan fingerprint density at radius 3 is 2.70 bits per heavy atom. The summed E-state index contributed by atoms with van der Waals surface area (Å²) in [7, 11) is 0. The van der Waals surface area contributed by atoms with Crippen molar-refractivity contribution in [2.45, 2.75) is 25.7 Å². The van der Waals surface area contributed by atoms with Gasteiger partial charge in [0.1, 0.15) is 5.01 Å². The first-order chi connectivity index (χ1) is 12.9. The number of benzene rings is 1. The van der Waals surface area contributed by atoms with E-state index in [4.69, 9.17) is 15.5 Å². The molecule has 3 N–H and O–H groups in total. The van der Waals surface area contributed by atoms with Crippen molar-refractivity contribution in [3.05, 3.63) is 45.9 Å². The molecule has 0 aliphatic carbocycles. The van der Waals surface area contributed by atoms with Gasteiger partial charge >= 0.3 is 0 Å². The minimum absolute atomic E-state index is 0.0189. The maximum Gasteiger partial charge on any atom is 0.226 e. The van der Waals surface area contributed by atoms with Gasteiger partial charge in [-0.05, 0) is 31.5 Å². The van der Waals surface area contributed by atoms with Gasteiger partial charge in [0.25, 0.3) is 0 Å². The number of hydrogen-bond donors (Lipinski definition) is 2. The van der Waals surface area contributed by atoms with Crippen LogP contribution in [0.25, 0.3) is 0 Å². The predicted octanol–water partition coefficient (Wildman–Crippen LogP) is 2.04. The molecule has 0 atom stereocenters. The van der Waals surface area contributed by atoms with E-state index in [0.29, 0.717) is 13.0 Å². The molecule has 1 saturated heterocycles. The normalized spacial score (nSPS) is 15.6. The molecule has 2 aromatic rings. The van der Waals surface area contributed by atoms with Gasteiger partial charge in [0, 0.05) is 42.7 Å². The number of aromatic nitrogens is 1. The van der Waals surface area contributed by atoms with Gasteiger partial charge in [-0.15, -0.1) is 11.3 Å². The van der Waals surface area contributed by atoms with E-state index >= 15 is 0 Å². The lowest BCUT2D eigenvalue weighted by atomic mass is 9.85. The zero-order valence-corrected chi connectivity index (χ0v) is 16.8. The Hall–Kier alpha value is -1.96. The molecule has 0 radical (unpaired) electrons. The molecule has 0 unspecified atom stereocenters. The van der Waals surface area contributed by atoms with Gasteiger partial charge in [-0.3, -0.25) is 9.69 Å². The van der Waals surface area contributed by atoms with E-state index in [1.807, 2.05) is 29.6 Å². The van der Waals surface area contributed by atoms with E-state index in [0.717, 1.165) is 54.8 Å². The third kappa shape index (κ3) is 5.28. The number of rotatable bonds is 7. The Morgan fingerprint density at radius 2 is 2.00 bits per heavy atom. The Bertz CT molecular complexity index is 752. The molecular weight excluding hydrogens is 360 g/mol. The average Bonchev–Trinajstić information content (AvgIpc) is 3.12. The van der Waals surface area contributed by atoms with Gasteiger partial charge in [0.05, 0.1) is 25.3 Å². The van der Waals surface area contributed by atoms with Crippen LogP contribution in [-0.2, 0) is 21.4 Å². The van der Waals surface area contributed by atoms with Gasteiger partial charge in [-0.2, -0.15) is 0 Å². The first-order valence-corrected chi connectivity index (χ1v) is 10.2. The van der Waals surface area contributed by atoms with Crippen molar-refractivity contribution < 1.29 is 9.53 Å². The SMILES string of the molecule is CC(C)(c1ccc(N)cc1)c1nc(CC(=O)NCCN2CCOCC2)cs1. The average molecular weight is 389 g/mol. The number of anilines is 1. The van der Waals surface area contributed by atoms with Crippen molar-refractivity contribution in [1.82, 2.24) is 15.2 Å². The molecule has 1 aliphatic heterocycles. The number of nitrogens with one attached hydrogen (secondary N) is 1. The number of morpholine rings is 1. The van der Waals surface area contributed by atoms with Crippen LogP contribution in [-0.4, -0.2) is 55.2 Å². The topological polar surface area (TPSA) is 80.5 Å². The molecule has 0 saturated carbocycles. The summed E-state index contributed by atoms with van der Waals surface area (Å²) in [6, 6.07) is 7.89. The lowest BCUT2D eigenvalue weighted by Gasteiger charge is -2.26.